The van der Waals surface area contributed by atoms with Gasteiger partial charge in [0.1, 0.15) is 0 Å². The number of ether oxygens (including phenoxy) is 1. The summed E-state index contributed by atoms with van der Waals surface area (Å²) in [6, 6.07) is 0. The Morgan fingerprint density at radius 3 is 2.15 bits per heavy atom. The molecular formula is C12H24O. The predicted octanol–water partition coefficient (Wildman–Crippen LogP) is 3.34. The zero-order chi connectivity index (χ0) is 10.0. The van der Waals surface area contributed by atoms with Crippen molar-refractivity contribution in [1.82, 2.24) is 0 Å². The van der Waals surface area contributed by atoms with Crippen molar-refractivity contribution < 1.29 is 4.74 Å². The van der Waals surface area contributed by atoms with E-state index in [-0.39, 0.29) is 0 Å². The zero-order valence-electron chi connectivity index (χ0n) is 9.71. The summed E-state index contributed by atoms with van der Waals surface area (Å²) < 4.78 is 5.89. The Morgan fingerprint density at radius 2 is 1.77 bits per heavy atom. The van der Waals surface area contributed by atoms with E-state index >= 15 is 0 Å². The van der Waals surface area contributed by atoms with E-state index in [2.05, 4.69) is 34.6 Å². The highest BCUT2D eigenvalue weighted by Gasteiger charge is 2.39. The van der Waals surface area contributed by atoms with Gasteiger partial charge in [0.25, 0.3) is 0 Å². The van der Waals surface area contributed by atoms with Crippen LogP contribution in [0.2, 0.25) is 0 Å². The van der Waals surface area contributed by atoms with Crippen LogP contribution in [0.3, 0.4) is 0 Å². The van der Waals surface area contributed by atoms with Crippen LogP contribution in [-0.2, 0) is 4.74 Å². The molecule has 1 aliphatic heterocycles. The fourth-order valence-corrected chi connectivity index (χ4v) is 2.68. The topological polar surface area (TPSA) is 9.23 Å². The zero-order valence-corrected chi connectivity index (χ0v) is 9.71. The lowest BCUT2D eigenvalue weighted by molar-refractivity contribution is 0.0434. The van der Waals surface area contributed by atoms with Gasteiger partial charge < -0.3 is 4.74 Å². The summed E-state index contributed by atoms with van der Waals surface area (Å²) in [5.74, 6) is 3.01. The molecule has 0 aromatic heterocycles. The summed E-state index contributed by atoms with van der Waals surface area (Å²) in [5, 5.41) is 0. The average molecular weight is 184 g/mol. The molecule has 0 aromatic carbocycles. The minimum atomic E-state index is 0.505. The summed E-state index contributed by atoms with van der Waals surface area (Å²) in [6.07, 6.45) is 1.77. The van der Waals surface area contributed by atoms with E-state index in [0.717, 1.165) is 24.4 Å². The second-order valence-electron chi connectivity index (χ2n) is 5.03. The van der Waals surface area contributed by atoms with Crippen molar-refractivity contribution in [3.63, 3.8) is 0 Å². The maximum Gasteiger partial charge on any atom is 0.0632 e. The molecule has 13 heavy (non-hydrogen) atoms. The van der Waals surface area contributed by atoms with Crippen LogP contribution in [-0.4, -0.2) is 12.7 Å². The molecule has 1 heterocycles. The SMILES string of the molecule is CCC1COC(C(C)C)C1C(C)C. The largest absolute Gasteiger partial charge is 0.377 e. The minimum absolute atomic E-state index is 0.505. The molecule has 0 bridgehead atoms. The van der Waals surface area contributed by atoms with E-state index in [9.17, 15) is 0 Å². The summed E-state index contributed by atoms with van der Waals surface area (Å²) in [6.45, 7) is 12.5. The molecule has 0 aromatic rings. The second kappa shape index (κ2) is 4.45. The Kier molecular flexibility index (Phi) is 3.78. The molecule has 0 aliphatic carbocycles. The first-order chi connectivity index (χ1) is 6.07. The second-order valence-corrected chi connectivity index (χ2v) is 5.03. The Labute approximate surface area is 82.9 Å². The van der Waals surface area contributed by atoms with Gasteiger partial charge in [0.15, 0.2) is 0 Å². The molecule has 0 radical (unpaired) electrons. The first kappa shape index (κ1) is 11.0. The lowest BCUT2D eigenvalue weighted by Gasteiger charge is -2.28. The molecule has 0 spiro atoms. The third kappa shape index (κ3) is 2.25. The maximum absolute atomic E-state index is 5.89. The van der Waals surface area contributed by atoms with Crippen LogP contribution in [0, 0.1) is 23.7 Å². The number of hydrogen-bond donors (Lipinski definition) is 0. The van der Waals surface area contributed by atoms with Crippen LogP contribution in [0.4, 0.5) is 0 Å². The Morgan fingerprint density at radius 1 is 1.15 bits per heavy atom. The third-order valence-corrected chi connectivity index (χ3v) is 3.38. The molecule has 1 rings (SSSR count). The molecule has 1 nitrogen and oxygen atoms in total. The third-order valence-electron chi connectivity index (χ3n) is 3.38. The normalized spacial score (nSPS) is 34.8. The van der Waals surface area contributed by atoms with E-state index in [1.807, 2.05) is 0 Å². The Balaban J connectivity index is 2.67. The highest BCUT2D eigenvalue weighted by atomic mass is 16.5. The van der Waals surface area contributed by atoms with E-state index in [1.54, 1.807) is 0 Å². The van der Waals surface area contributed by atoms with Crippen LogP contribution in [0.1, 0.15) is 41.0 Å². The van der Waals surface area contributed by atoms with Gasteiger partial charge in [0, 0.05) is 0 Å². The molecule has 0 N–H and O–H groups in total. The van der Waals surface area contributed by atoms with Gasteiger partial charge in [-0.3, -0.25) is 0 Å². The van der Waals surface area contributed by atoms with Gasteiger partial charge in [0.2, 0.25) is 0 Å². The summed E-state index contributed by atoms with van der Waals surface area (Å²) in [7, 11) is 0. The smallest absolute Gasteiger partial charge is 0.0632 e. The first-order valence-corrected chi connectivity index (χ1v) is 5.69. The van der Waals surface area contributed by atoms with E-state index in [1.165, 1.54) is 6.42 Å². The molecule has 78 valence electrons. The molecular weight excluding hydrogens is 160 g/mol. The minimum Gasteiger partial charge on any atom is -0.377 e. The van der Waals surface area contributed by atoms with Gasteiger partial charge in [-0.25, -0.2) is 0 Å². The van der Waals surface area contributed by atoms with Gasteiger partial charge in [-0.2, -0.15) is 0 Å². The highest BCUT2D eigenvalue weighted by molar-refractivity contribution is 4.86. The fraction of sp³-hybridized carbons (Fsp3) is 1.00. The van der Waals surface area contributed by atoms with Crippen molar-refractivity contribution in [1.29, 1.82) is 0 Å². The fourth-order valence-electron chi connectivity index (χ4n) is 2.68. The van der Waals surface area contributed by atoms with Crippen molar-refractivity contribution in [2.24, 2.45) is 23.7 Å². The van der Waals surface area contributed by atoms with E-state index in [4.69, 9.17) is 4.74 Å². The van der Waals surface area contributed by atoms with Crippen molar-refractivity contribution in [3.8, 4) is 0 Å². The van der Waals surface area contributed by atoms with Gasteiger partial charge in [0.05, 0.1) is 12.7 Å². The summed E-state index contributed by atoms with van der Waals surface area (Å²) >= 11 is 0. The lowest BCUT2D eigenvalue weighted by Crippen LogP contribution is -2.29. The van der Waals surface area contributed by atoms with Gasteiger partial charge in [-0.05, 0) is 23.7 Å². The molecule has 1 aliphatic rings. The van der Waals surface area contributed by atoms with Crippen molar-refractivity contribution in [3.05, 3.63) is 0 Å². The average Bonchev–Trinajstić information content (AvgIpc) is 2.46. The van der Waals surface area contributed by atoms with Crippen LogP contribution in [0.15, 0.2) is 0 Å². The molecule has 0 amide bonds. The van der Waals surface area contributed by atoms with Crippen molar-refractivity contribution in [2.75, 3.05) is 6.61 Å². The van der Waals surface area contributed by atoms with Gasteiger partial charge >= 0.3 is 0 Å². The molecule has 0 saturated carbocycles. The quantitative estimate of drug-likeness (QED) is 0.653. The van der Waals surface area contributed by atoms with E-state index in [0.29, 0.717) is 12.0 Å². The number of rotatable bonds is 3. The highest BCUT2D eigenvalue weighted by Crippen LogP contribution is 2.38. The summed E-state index contributed by atoms with van der Waals surface area (Å²) in [5.41, 5.74) is 0. The van der Waals surface area contributed by atoms with Crippen molar-refractivity contribution >= 4 is 0 Å². The Bertz CT molecular complexity index is 151. The Hall–Kier alpha value is -0.0400. The predicted molar refractivity (Wildman–Crippen MR) is 56.7 cm³/mol. The summed E-state index contributed by atoms with van der Waals surface area (Å²) in [4.78, 5) is 0. The van der Waals surface area contributed by atoms with Crippen LogP contribution >= 0.6 is 0 Å². The molecule has 3 unspecified atom stereocenters. The van der Waals surface area contributed by atoms with Gasteiger partial charge in [-0.15, -0.1) is 0 Å². The molecule has 3 atom stereocenters. The van der Waals surface area contributed by atoms with Crippen LogP contribution in [0.5, 0.6) is 0 Å². The standard InChI is InChI=1S/C12H24O/c1-6-10-7-13-12(9(4)5)11(10)8(2)3/h8-12H,6-7H2,1-5H3. The van der Waals surface area contributed by atoms with E-state index < -0.39 is 0 Å². The molecule has 1 heteroatoms. The number of hydrogen-bond acceptors (Lipinski definition) is 1. The molecule has 1 saturated heterocycles. The lowest BCUT2D eigenvalue weighted by atomic mass is 9.77. The van der Waals surface area contributed by atoms with Crippen LogP contribution in [0.25, 0.3) is 0 Å². The van der Waals surface area contributed by atoms with Crippen LogP contribution < -0.4 is 0 Å². The molecule has 1 fully saturated rings. The monoisotopic (exact) mass is 184 g/mol. The first-order valence-electron chi connectivity index (χ1n) is 5.69. The van der Waals surface area contributed by atoms with Crippen molar-refractivity contribution in [2.45, 2.75) is 47.1 Å². The maximum atomic E-state index is 5.89. The van der Waals surface area contributed by atoms with Gasteiger partial charge in [-0.1, -0.05) is 41.0 Å².